The fourth-order valence-electron chi connectivity index (χ4n) is 2.44. The molecule has 0 aliphatic heterocycles. The maximum atomic E-state index is 10.2. The lowest BCUT2D eigenvalue weighted by Crippen LogP contribution is -2.12. The summed E-state index contributed by atoms with van der Waals surface area (Å²) in [5, 5.41) is 10.2. The molecule has 2 rings (SSSR count). The van der Waals surface area contributed by atoms with Crippen LogP contribution in [0.3, 0.4) is 0 Å². The number of hydrogen-bond acceptors (Lipinski definition) is 1. The number of alkyl halides is 1. The molecule has 1 unspecified atom stereocenters. The van der Waals surface area contributed by atoms with Gasteiger partial charge in [-0.2, -0.15) is 0 Å². The average Bonchev–Trinajstić information content (AvgIpc) is 2.46. The van der Waals surface area contributed by atoms with E-state index >= 15 is 0 Å². The molecule has 1 nitrogen and oxygen atoms in total. The molecule has 0 saturated heterocycles. The fraction of sp³-hybridized carbons (Fsp3) is 0.368. The second kappa shape index (κ2) is 6.11. The molecule has 0 aliphatic carbocycles. The highest BCUT2D eigenvalue weighted by atomic mass is 35.5. The van der Waals surface area contributed by atoms with E-state index in [-0.39, 0.29) is 11.3 Å². The first-order valence-corrected chi connectivity index (χ1v) is 7.84. The quantitative estimate of drug-likeness (QED) is 0.734. The Morgan fingerprint density at radius 3 is 2.19 bits per heavy atom. The van der Waals surface area contributed by atoms with Gasteiger partial charge in [0.2, 0.25) is 0 Å². The molecule has 1 atom stereocenters. The summed E-state index contributed by atoms with van der Waals surface area (Å²) in [5.74, 6) is 1.04. The highest BCUT2D eigenvalue weighted by molar-refractivity contribution is 6.17. The first-order chi connectivity index (χ1) is 9.82. The Morgan fingerprint density at radius 2 is 1.67 bits per heavy atom. The molecular weight excluding hydrogens is 280 g/mol. The summed E-state index contributed by atoms with van der Waals surface area (Å²) in [4.78, 5) is 0. The minimum Gasteiger partial charge on any atom is -0.508 e. The molecule has 0 heterocycles. The van der Waals surface area contributed by atoms with E-state index in [1.807, 2.05) is 18.2 Å². The van der Waals surface area contributed by atoms with Gasteiger partial charge in [-0.1, -0.05) is 64.1 Å². The zero-order valence-corrected chi connectivity index (χ0v) is 13.9. The zero-order valence-electron chi connectivity index (χ0n) is 13.2. The summed E-state index contributed by atoms with van der Waals surface area (Å²) < 4.78 is 0. The van der Waals surface area contributed by atoms with Crippen LogP contribution in [0.1, 0.15) is 55.9 Å². The van der Waals surface area contributed by atoms with Gasteiger partial charge in [0.05, 0.1) is 0 Å². The first-order valence-electron chi connectivity index (χ1n) is 7.31. The summed E-state index contributed by atoms with van der Waals surface area (Å²) in [5.41, 5.74) is 4.58. The van der Waals surface area contributed by atoms with Gasteiger partial charge in [0, 0.05) is 17.4 Å². The van der Waals surface area contributed by atoms with E-state index in [1.165, 1.54) is 11.1 Å². The highest BCUT2D eigenvalue weighted by Gasteiger charge is 2.18. The lowest BCUT2D eigenvalue weighted by Gasteiger charge is -2.22. The number of halogens is 1. The molecule has 0 saturated carbocycles. The number of phenols is 1. The van der Waals surface area contributed by atoms with Gasteiger partial charge in [0.1, 0.15) is 5.75 Å². The molecule has 21 heavy (non-hydrogen) atoms. The van der Waals surface area contributed by atoms with E-state index in [0.29, 0.717) is 11.6 Å². The minimum absolute atomic E-state index is 0.0741. The molecule has 0 aliphatic rings. The molecule has 0 aromatic heterocycles. The van der Waals surface area contributed by atoms with Gasteiger partial charge in [0.15, 0.2) is 0 Å². The van der Waals surface area contributed by atoms with E-state index in [2.05, 4.69) is 45.9 Å². The predicted molar refractivity (Wildman–Crippen MR) is 90.3 cm³/mol. The van der Waals surface area contributed by atoms with Crippen LogP contribution in [0, 0.1) is 0 Å². The second-order valence-electron chi connectivity index (χ2n) is 6.62. The molecule has 2 aromatic carbocycles. The van der Waals surface area contributed by atoms with Crippen LogP contribution in [0.15, 0.2) is 42.5 Å². The van der Waals surface area contributed by atoms with Gasteiger partial charge in [-0.25, -0.2) is 0 Å². The molecular formula is C19H23ClO. The fourth-order valence-corrected chi connectivity index (χ4v) is 2.62. The van der Waals surface area contributed by atoms with Crippen LogP contribution in [0.2, 0.25) is 0 Å². The van der Waals surface area contributed by atoms with E-state index in [4.69, 9.17) is 11.6 Å². The number of aromatic hydroxyl groups is 1. The lowest BCUT2D eigenvalue weighted by atomic mass is 9.83. The lowest BCUT2D eigenvalue weighted by molar-refractivity contribution is 0.464. The van der Waals surface area contributed by atoms with Crippen LogP contribution >= 0.6 is 11.6 Å². The van der Waals surface area contributed by atoms with E-state index < -0.39 is 0 Å². The zero-order chi connectivity index (χ0) is 15.6. The van der Waals surface area contributed by atoms with Gasteiger partial charge in [-0.3, -0.25) is 0 Å². The number of hydrogen-bond donors (Lipinski definition) is 1. The maximum Gasteiger partial charge on any atom is 0.119 e. The van der Waals surface area contributed by atoms with Crippen molar-refractivity contribution in [3.8, 4) is 5.75 Å². The van der Waals surface area contributed by atoms with Crippen molar-refractivity contribution in [1.29, 1.82) is 0 Å². The van der Waals surface area contributed by atoms with Crippen LogP contribution in [-0.4, -0.2) is 5.11 Å². The highest BCUT2D eigenvalue weighted by Crippen LogP contribution is 2.34. The topological polar surface area (TPSA) is 20.2 Å². The van der Waals surface area contributed by atoms with E-state index in [1.54, 1.807) is 6.07 Å². The second-order valence-corrected chi connectivity index (χ2v) is 6.89. The Balaban J connectivity index is 2.39. The average molecular weight is 303 g/mol. The molecule has 2 aromatic rings. The Bertz CT molecular complexity index is 608. The van der Waals surface area contributed by atoms with Crippen molar-refractivity contribution in [2.24, 2.45) is 0 Å². The molecule has 2 heteroatoms. The van der Waals surface area contributed by atoms with Crippen molar-refractivity contribution in [2.45, 2.75) is 44.9 Å². The number of rotatable bonds is 3. The third-order valence-corrected chi connectivity index (χ3v) is 4.30. The summed E-state index contributed by atoms with van der Waals surface area (Å²) in [6.45, 7) is 8.67. The van der Waals surface area contributed by atoms with Gasteiger partial charge >= 0.3 is 0 Å². The maximum absolute atomic E-state index is 10.2. The first kappa shape index (κ1) is 15.9. The molecule has 0 fully saturated rings. The summed E-state index contributed by atoms with van der Waals surface area (Å²) >= 11 is 5.83. The Hall–Kier alpha value is -1.47. The van der Waals surface area contributed by atoms with Crippen LogP contribution in [0.25, 0.3) is 0 Å². The third-order valence-electron chi connectivity index (χ3n) is 3.99. The molecule has 1 N–H and O–H groups in total. The van der Waals surface area contributed by atoms with Crippen molar-refractivity contribution in [1.82, 2.24) is 0 Å². The van der Waals surface area contributed by atoms with Crippen molar-refractivity contribution in [2.75, 3.05) is 0 Å². The van der Waals surface area contributed by atoms with Crippen molar-refractivity contribution < 1.29 is 5.11 Å². The molecule has 0 amide bonds. The summed E-state index contributed by atoms with van der Waals surface area (Å²) in [7, 11) is 0. The predicted octanol–water partition coefficient (Wildman–Crippen LogP) is 5.58. The normalized spacial score (nSPS) is 13.2. The van der Waals surface area contributed by atoms with Crippen molar-refractivity contribution in [3.63, 3.8) is 0 Å². The summed E-state index contributed by atoms with van der Waals surface area (Å²) in [6, 6.07) is 14.2. The van der Waals surface area contributed by atoms with Crippen molar-refractivity contribution in [3.05, 3.63) is 64.7 Å². The third kappa shape index (κ3) is 3.59. The van der Waals surface area contributed by atoms with Crippen molar-refractivity contribution >= 4 is 11.6 Å². The number of phenolic OH excluding ortho intramolecular Hbond substituents is 1. The van der Waals surface area contributed by atoms with Crippen LogP contribution in [-0.2, 0) is 11.3 Å². The molecule has 0 bridgehead atoms. The molecule has 112 valence electrons. The summed E-state index contributed by atoms with van der Waals surface area (Å²) in [6.07, 6.45) is 0. The Morgan fingerprint density at radius 1 is 1.05 bits per heavy atom. The van der Waals surface area contributed by atoms with Crippen LogP contribution in [0.5, 0.6) is 5.75 Å². The van der Waals surface area contributed by atoms with Gasteiger partial charge in [-0.05, 0) is 28.2 Å². The molecule has 0 spiro atoms. The monoisotopic (exact) mass is 302 g/mol. The van der Waals surface area contributed by atoms with E-state index in [0.717, 1.165) is 11.1 Å². The largest absolute Gasteiger partial charge is 0.508 e. The van der Waals surface area contributed by atoms with E-state index in [9.17, 15) is 5.11 Å². The van der Waals surface area contributed by atoms with Crippen LogP contribution < -0.4 is 0 Å². The minimum atomic E-state index is 0.0741. The van der Waals surface area contributed by atoms with Gasteiger partial charge in [-0.15, -0.1) is 11.6 Å². The van der Waals surface area contributed by atoms with Crippen LogP contribution in [0.4, 0.5) is 0 Å². The van der Waals surface area contributed by atoms with Gasteiger partial charge < -0.3 is 5.11 Å². The Labute approximate surface area is 132 Å². The smallest absolute Gasteiger partial charge is 0.119 e. The molecule has 0 radical (unpaired) electrons. The Kier molecular flexibility index (Phi) is 4.63. The standard InChI is InChI=1S/C19H23ClO/c1-13(15-7-5-14(12-20)6-8-15)17-11-16(19(2,3)4)9-10-18(17)21/h5-11,13,21H,12H2,1-4H3. The van der Waals surface area contributed by atoms with Gasteiger partial charge in [0.25, 0.3) is 0 Å². The SMILES string of the molecule is CC(c1ccc(CCl)cc1)c1cc(C(C)(C)C)ccc1O. The number of benzene rings is 2.